The lowest BCUT2D eigenvalue weighted by Crippen LogP contribution is -2.53. The highest BCUT2D eigenvalue weighted by Gasteiger charge is 2.36. The van der Waals surface area contributed by atoms with Gasteiger partial charge >= 0.3 is 0 Å². The number of carbonyl (C=O) groups excluding carboxylic acids is 2. The molecule has 31 heavy (non-hydrogen) atoms. The first kappa shape index (κ1) is 22.3. The summed E-state index contributed by atoms with van der Waals surface area (Å²) >= 11 is 0. The van der Waals surface area contributed by atoms with E-state index in [1.165, 1.54) is 19.3 Å². The Labute approximate surface area is 185 Å². The van der Waals surface area contributed by atoms with Crippen molar-refractivity contribution in [3.8, 4) is 0 Å². The third-order valence-corrected chi connectivity index (χ3v) is 7.06. The molecule has 2 heterocycles. The molecule has 0 aromatic carbocycles. The Morgan fingerprint density at radius 3 is 2.45 bits per heavy atom. The van der Waals surface area contributed by atoms with E-state index in [1.807, 2.05) is 13.0 Å². The summed E-state index contributed by atoms with van der Waals surface area (Å²) in [6.45, 7) is 5.75. The first-order chi connectivity index (χ1) is 15.1. The van der Waals surface area contributed by atoms with Gasteiger partial charge in [-0.15, -0.1) is 0 Å². The molecule has 2 saturated carbocycles. The summed E-state index contributed by atoms with van der Waals surface area (Å²) in [7, 11) is 0. The van der Waals surface area contributed by atoms with Crippen molar-refractivity contribution in [1.29, 1.82) is 0 Å². The van der Waals surface area contributed by atoms with Gasteiger partial charge in [-0.2, -0.15) is 0 Å². The quantitative estimate of drug-likeness (QED) is 0.717. The van der Waals surface area contributed by atoms with E-state index in [9.17, 15) is 9.59 Å². The largest absolute Gasteiger partial charge is 0.455 e. The molecule has 3 fully saturated rings. The number of nitrogens with one attached hydrogen (secondary N) is 1. The van der Waals surface area contributed by atoms with Crippen LogP contribution in [-0.2, 0) is 16.1 Å². The summed E-state index contributed by atoms with van der Waals surface area (Å²) in [6.07, 6.45) is 9.78. The van der Waals surface area contributed by atoms with Crippen LogP contribution in [-0.4, -0.2) is 66.0 Å². The molecule has 4 rings (SSSR count). The van der Waals surface area contributed by atoms with E-state index in [1.54, 1.807) is 11.0 Å². The molecule has 1 aromatic rings. The van der Waals surface area contributed by atoms with Gasteiger partial charge in [0.25, 0.3) is 5.91 Å². The summed E-state index contributed by atoms with van der Waals surface area (Å²) in [5.41, 5.74) is 0. The van der Waals surface area contributed by atoms with E-state index < -0.39 is 6.04 Å². The van der Waals surface area contributed by atoms with Crippen LogP contribution in [0.5, 0.6) is 0 Å². The molecular weight excluding hydrogens is 394 g/mol. The summed E-state index contributed by atoms with van der Waals surface area (Å²) in [5, 5.41) is 3.21. The minimum atomic E-state index is -0.495. The molecular formula is C24H37N3O4. The predicted molar refractivity (Wildman–Crippen MR) is 118 cm³/mol. The van der Waals surface area contributed by atoms with Crippen molar-refractivity contribution in [3.63, 3.8) is 0 Å². The van der Waals surface area contributed by atoms with Gasteiger partial charge in [0, 0.05) is 25.2 Å². The minimum Gasteiger partial charge on any atom is -0.455 e. The number of carbonyl (C=O) groups is 2. The van der Waals surface area contributed by atoms with E-state index in [2.05, 4.69) is 10.2 Å². The van der Waals surface area contributed by atoms with Crippen molar-refractivity contribution in [2.45, 2.75) is 89.4 Å². The predicted octanol–water partition coefficient (Wildman–Crippen LogP) is 3.33. The zero-order valence-corrected chi connectivity index (χ0v) is 18.8. The fourth-order valence-electron chi connectivity index (χ4n) is 5.22. The van der Waals surface area contributed by atoms with Crippen LogP contribution >= 0.6 is 0 Å². The molecule has 7 nitrogen and oxygen atoms in total. The van der Waals surface area contributed by atoms with E-state index in [0.29, 0.717) is 12.3 Å². The molecule has 0 bridgehead atoms. The molecule has 0 spiro atoms. The number of amides is 2. The summed E-state index contributed by atoms with van der Waals surface area (Å²) < 4.78 is 11.4. The Morgan fingerprint density at radius 2 is 1.74 bits per heavy atom. The number of hydrogen-bond acceptors (Lipinski definition) is 5. The van der Waals surface area contributed by atoms with Crippen LogP contribution < -0.4 is 5.32 Å². The van der Waals surface area contributed by atoms with Gasteiger partial charge in [0.15, 0.2) is 5.76 Å². The van der Waals surface area contributed by atoms with Crippen LogP contribution in [0.1, 0.15) is 81.0 Å². The Morgan fingerprint density at radius 1 is 1.06 bits per heavy atom. The second-order valence-corrected chi connectivity index (χ2v) is 9.32. The van der Waals surface area contributed by atoms with Crippen molar-refractivity contribution in [1.82, 2.24) is 15.1 Å². The molecule has 172 valence electrons. The highest BCUT2D eigenvalue weighted by molar-refractivity contribution is 5.95. The van der Waals surface area contributed by atoms with Crippen molar-refractivity contribution < 1.29 is 18.7 Å². The number of ether oxygens (including phenoxy) is 1. The Kier molecular flexibility index (Phi) is 7.67. The molecule has 3 aliphatic rings. The fourth-order valence-corrected chi connectivity index (χ4v) is 5.22. The smallest absolute Gasteiger partial charge is 0.290 e. The third-order valence-electron chi connectivity index (χ3n) is 7.06. The van der Waals surface area contributed by atoms with Gasteiger partial charge in [-0.25, -0.2) is 0 Å². The Balaban J connectivity index is 1.43. The average Bonchev–Trinajstić information content (AvgIpc) is 3.48. The van der Waals surface area contributed by atoms with Gasteiger partial charge in [-0.3, -0.25) is 14.5 Å². The minimum absolute atomic E-state index is 0.0350. The molecule has 7 heteroatoms. The number of morpholine rings is 1. The molecule has 2 amide bonds. The molecule has 1 aromatic heterocycles. The van der Waals surface area contributed by atoms with E-state index >= 15 is 0 Å². The lowest BCUT2D eigenvalue weighted by atomic mass is 9.95. The van der Waals surface area contributed by atoms with Gasteiger partial charge < -0.3 is 19.4 Å². The van der Waals surface area contributed by atoms with Crippen LogP contribution in [0.4, 0.5) is 0 Å². The van der Waals surface area contributed by atoms with Crippen molar-refractivity contribution in [3.05, 3.63) is 23.7 Å². The Hall–Kier alpha value is -1.86. The second kappa shape index (κ2) is 10.6. The van der Waals surface area contributed by atoms with Crippen LogP contribution in [0.2, 0.25) is 0 Å². The van der Waals surface area contributed by atoms with Crippen LogP contribution in [0.3, 0.4) is 0 Å². The molecule has 1 unspecified atom stereocenters. The number of hydrogen-bond donors (Lipinski definition) is 1. The van der Waals surface area contributed by atoms with Gasteiger partial charge in [-0.05, 0) is 44.7 Å². The summed E-state index contributed by atoms with van der Waals surface area (Å²) in [4.78, 5) is 30.6. The highest BCUT2D eigenvalue weighted by Crippen LogP contribution is 2.28. The Bertz CT molecular complexity index is 731. The summed E-state index contributed by atoms with van der Waals surface area (Å²) in [5.74, 6) is 0.932. The summed E-state index contributed by atoms with van der Waals surface area (Å²) in [6, 6.07) is 3.51. The van der Waals surface area contributed by atoms with Gasteiger partial charge in [0.05, 0.1) is 19.8 Å². The van der Waals surface area contributed by atoms with E-state index in [-0.39, 0.29) is 23.9 Å². The standard InChI is InChI=1S/C24H37N3O4/c1-18(23(28)25-19-7-3-2-4-8-19)27(20-9-5-6-10-20)24(29)22-12-11-21(31-22)17-26-13-15-30-16-14-26/h11-12,18-20H,2-10,13-17H2,1H3,(H,25,28). The van der Waals surface area contributed by atoms with E-state index in [0.717, 1.165) is 70.6 Å². The lowest BCUT2D eigenvalue weighted by Gasteiger charge is -2.34. The monoisotopic (exact) mass is 431 g/mol. The number of furan rings is 1. The zero-order chi connectivity index (χ0) is 21.6. The molecule has 0 radical (unpaired) electrons. The number of nitrogens with zero attached hydrogens (tertiary/aromatic N) is 2. The second-order valence-electron chi connectivity index (χ2n) is 9.32. The van der Waals surface area contributed by atoms with Gasteiger partial charge in [0.1, 0.15) is 11.8 Å². The zero-order valence-electron chi connectivity index (χ0n) is 18.8. The fraction of sp³-hybridized carbons (Fsp3) is 0.750. The van der Waals surface area contributed by atoms with Gasteiger partial charge in [0.2, 0.25) is 5.91 Å². The topological polar surface area (TPSA) is 75.0 Å². The van der Waals surface area contributed by atoms with Crippen LogP contribution in [0, 0.1) is 0 Å². The molecule has 1 N–H and O–H groups in total. The normalized spacial score (nSPS) is 22.4. The lowest BCUT2D eigenvalue weighted by molar-refractivity contribution is -0.126. The molecule has 2 aliphatic carbocycles. The molecule has 1 saturated heterocycles. The van der Waals surface area contributed by atoms with Gasteiger partial charge in [-0.1, -0.05) is 32.1 Å². The van der Waals surface area contributed by atoms with E-state index in [4.69, 9.17) is 9.15 Å². The first-order valence-corrected chi connectivity index (χ1v) is 12.1. The maximum Gasteiger partial charge on any atom is 0.290 e. The highest BCUT2D eigenvalue weighted by atomic mass is 16.5. The maximum atomic E-state index is 13.5. The first-order valence-electron chi connectivity index (χ1n) is 12.1. The van der Waals surface area contributed by atoms with Crippen molar-refractivity contribution >= 4 is 11.8 Å². The number of rotatable bonds is 7. The average molecular weight is 432 g/mol. The molecule has 1 aliphatic heterocycles. The SMILES string of the molecule is CC(C(=O)NC1CCCCC1)N(C(=O)c1ccc(CN2CCOCC2)o1)C1CCCC1. The van der Waals surface area contributed by atoms with Crippen LogP contribution in [0.25, 0.3) is 0 Å². The molecule has 1 atom stereocenters. The third kappa shape index (κ3) is 5.69. The van der Waals surface area contributed by atoms with Crippen molar-refractivity contribution in [2.24, 2.45) is 0 Å². The van der Waals surface area contributed by atoms with Crippen LogP contribution in [0.15, 0.2) is 16.5 Å². The van der Waals surface area contributed by atoms with Crippen molar-refractivity contribution in [2.75, 3.05) is 26.3 Å². The maximum absolute atomic E-state index is 13.5.